The molecular formula is C22H43O6PSSi. The van der Waals surface area contributed by atoms with Gasteiger partial charge in [-0.15, -0.1) is 0 Å². The summed E-state index contributed by atoms with van der Waals surface area (Å²) in [5, 5.41) is 0.125. The molecule has 0 radical (unpaired) electrons. The van der Waals surface area contributed by atoms with Gasteiger partial charge in [-0.2, -0.15) is 0 Å². The fraction of sp³-hybridized carbons (Fsp3) is 0.909. The highest BCUT2D eigenvalue weighted by molar-refractivity contribution is 8.55. The Morgan fingerprint density at radius 2 is 1.77 bits per heavy atom. The minimum atomic E-state index is -3.34. The van der Waals surface area contributed by atoms with Gasteiger partial charge in [-0.1, -0.05) is 39.8 Å². The number of hydrogen-bond acceptors (Lipinski definition) is 7. The minimum absolute atomic E-state index is 0.0227. The van der Waals surface area contributed by atoms with Crippen molar-refractivity contribution in [2.45, 2.75) is 103 Å². The maximum Gasteiger partial charge on any atom is 0.389 e. The molecule has 31 heavy (non-hydrogen) atoms. The van der Waals surface area contributed by atoms with Crippen molar-refractivity contribution < 1.29 is 27.5 Å². The van der Waals surface area contributed by atoms with Crippen LogP contribution in [-0.4, -0.2) is 58.3 Å². The largest absolute Gasteiger partial charge is 0.411 e. The van der Waals surface area contributed by atoms with Gasteiger partial charge in [0.25, 0.3) is 0 Å². The lowest BCUT2D eigenvalue weighted by Crippen LogP contribution is -2.46. The molecule has 9 heteroatoms. The van der Waals surface area contributed by atoms with Gasteiger partial charge in [-0.3, -0.25) is 9.05 Å². The van der Waals surface area contributed by atoms with Crippen LogP contribution in [0.1, 0.15) is 60.3 Å². The zero-order chi connectivity index (χ0) is 23.1. The molecule has 6 nitrogen and oxygen atoms in total. The van der Waals surface area contributed by atoms with Crippen molar-refractivity contribution in [3.8, 4) is 0 Å². The predicted octanol–water partition coefficient (Wildman–Crippen LogP) is 6.57. The molecule has 2 aliphatic rings. The monoisotopic (exact) mass is 494 g/mol. The molecule has 5 atom stereocenters. The van der Waals surface area contributed by atoms with E-state index in [1.165, 1.54) is 11.4 Å². The maximum atomic E-state index is 13.7. The van der Waals surface area contributed by atoms with Crippen LogP contribution in [0.2, 0.25) is 18.1 Å². The van der Waals surface area contributed by atoms with Gasteiger partial charge in [0.05, 0.1) is 24.9 Å². The summed E-state index contributed by atoms with van der Waals surface area (Å²) in [5.74, 6) is 0.682. The van der Waals surface area contributed by atoms with Gasteiger partial charge in [0.1, 0.15) is 6.10 Å². The molecule has 0 spiro atoms. The van der Waals surface area contributed by atoms with Gasteiger partial charge >= 0.3 is 6.80 Å². The fourth-order valence-electron chi connectivity index (χ4n) is 3.43. The molecule has 0 aromatic heterocycles. The van der Waals surface area contributed by atoms with Gasteiger partial charge in [0.15, 0.2) is 8.32 Å². The van der Waals surface area contributed by atoms with E-state index in [2.05, 4.69) is 46.9 Å². The Morgan fingerprint density at radius 1 is 1.13 bits per heavy atom. The molecule has 2 saturated heterocycles. The van der Waals surface area contributed by atoms with Crippen LogP contribution in [0, 0.1) is 0 Å². The number of ether oxygens (including phenoxy) is 2. The van der Waals surface area contributed by atoms with E-state index in [0.717, 1.165) is 25.7 Å². The van der Waals surface area contributed by atoms with Crippen LogP contribution < -0.4 is 0 Å². The number of hydrogen-bond donors (Lipinski definition) is 0. The normalized spacial score (nSPS) is 29.6. The summed E-state index contributed by atoms with van der Waals surface area (Å²) in [6.07, 6.45) is 6.86. The van der Waals surface area contributed by atoms with Crippen LogP contribution in [0.25, 0.3) is 0 Å². The van der Waals surface area contributed by atoms with Crippen molar-refractivity contribution in [3.63, 3.8) is 0 Å². The highest BCUT2D eigenvalue weighted by atomic mass is 32.7. The summed E-state index contributed by atoms with van der Waals surface area (Å²) in [7, 11) is -1.93. The topological polar surface area (TPSA) is 63.2 Å². The summed E-state index contributed by atoms with van der Waals surface area (Å²) >= 11 is 1.28. The second-order valence-electron chi connectivity index (χ2n) is 9.80. The molecule has 0 saturated carbocycles. The molecule has 2 unspecified atom stereocenters. The molecule has 2 rings (SSSR count). The van der Waals surface area contributed by atoms with Crippen LogP contribution in [0.3, 0.4) is 0 Å². The van der Waals surface area contributed by atoms with Crippen molar-refractivity contribution in [2.75, 3.05) is 25.6 Å². The average Bonchev–Trinajstić information content (AvgIpc) is 3.31. The second kappa shape index (κ2) is 12.2. The van der Waals surface area contributed by atoms with Crippen molar-refractivity contribution in [1.29, 1.82) is 0 Å². The predicted molar refractivity (Wildman–Crippen MR) is 131 cm³/mol. The third kappa shape index (κ3) is 8.25. The Bertz CT molecular complexity index is 624. The SMILES string of the molecule is C/C=C/CCS[P@@](=O)(OC[C@H]1OCCC1O[Si](C)(C)C(C)(C)C)OC1CCO[C@@H]1CC. The Labute approximate surface area is 194 Å². The fourth-order valence-corrected chi connectivity index (χ4v) is 8.28. The van der Waals surface area contributed by atoms with Gasteiger partial charge in [0, 0.05) is 25.4 Å². The van der Waals surface area contributed by atoms with Crippen molar-refractivity contribution in [2.24, 2.45) is 0 Å². The van der Waals surface area contributed by atoms with E-state index in [9.17, 15) is 4.57 Å². The van der Waals surface area contributed by atoms with Crippen molar-refractivity contribution in [1.82, 2.24) is 0 Å². The zero-order valence-corrected chi connectivity index (χ0v) is 23.1. The highest BCUT2D eigenvalue weighted by Crippen LogP contribution is 2.62. The molecule has 0 N–H and O–H groups in total. The summed E-state index contributed by atoms with van der Waals surface area (Å²) in [6, 6.07) is 0. The highest BCUT2D eigenvalue weighted by Gasteiger charge is 2.44. The smallest absolute Gasteiger partial charge is 0.389 e. The summed E-state index contributed by atoms with van der Waals surface area (Å²) in [5.41, 5.74) is 0. The van der Waals surface area contributed by atoms with Crippen molar-refractivity contribution in [3.05, 3.63) is 12.2 Å². The van der Waals surface area contributed by atoms with E-state index in [-0.39, 0.29) is 36.1 Å². The second-order valence-corrected chi connectivity index (χ2v) is 18.7. The van der Waals surface area contributed by atoms with E-state index in [4.69, 9.17) is 22.9 Å². The van der Waals surface area contributed by atoms with Crippen LogP contribution in [-0.2, 0) is 27.5 Å². The first-order chi connectivity index (χ1) is 14.5. The van der Waals surface area contributed by atoms with E-state index >= 15 is 0 Å². The van der Waals surface area contributed by atoms with E-state index in [1.54, 1.807) is 0 Å². The van der Waals surface area contributed by atoms with E-state index in [0.29, 0.717) is 19.0 Å². The lowest BCUT2D eigenvalue weighted by Gasteiger charge is -2.39. The molecule has 182 valence electrons. The number of allylic oxidation sites excluding steroid dienone is 2. The molecular weight excluding hydrogens is 451 g/mol. The lowest BCUT2D eigenvalue weighted by atomic mass is 10.1. The maximum absolute atomic E-state index is 13.7. The third-order valence-electron chi connectivity index (χ3n) is 6.38. The molecule has 0 aliphatic carbocycles. The van der Waals surface area contributed by atoms with Crippen LogP contribution >= 0.6 is 18.2 Å². The first-order valence-electron chi connectivity index (χ1n) is 11.6. The first-order valence-corrected chi connectivity index (χ1v) is 17.6. The molecule has 0 aromatic carbocycles. The third-order valence-corrected chi connectivity index (χ3v) is 14.7. The Morgan fingerprint density at radius 3 is 2.39 bits per heavy atom. The van der Waals surface area contributed by atoms with Gasteiger partial charge in [-0.05, 0) is 55.7 Å². The van der Waals surface area contributed by atoms with Crippen LogP contribution in [0.15, 0.2) is 12.2 Å². The zero-order valence-electron chi connectivity index (χ0n) is 20.4. The molecule has 2 fully saturated rings. The van der Waals surface area contributed by atoms with Gasteiger partial charge < -0.3 is 13.9 Å². The lowest BCUT2D eigenvalue weighted by molar-refractivity contribution is 0.00546. The summed E-state index contributed by atoms with van der Waals surface area (Å²) in [4.78, 5) is 0. The molecule has 2 heterocycles. The summed E-state index contributed by atoms with van der Waals surface area (Å²) in [6.45, 7) is 13.4. The minimum Gasteiger partial charge on any atom is -0.411 e. The van der Waals surface area contributed by atoms with Crippen LogP contribution in [0.4, 0.5) is 0 Å². The summed E-state index contributed by atoms with van der Waals surface area (Å²) < 4.78 is 44.0. The standard InChI is InChI=1S/C22H43O6PSSi/c1-8-10-11-16-30-29(23,27-19-12-14-24-18(19)9-2)26-17-21-20(13-15-25-21)28-31(6,7)22(3,4)5/h8,10,18-21H,9,11-17H2,1-7H3/b10-8+/t18-,19?,20?,21-,29+/m1/s1. The van der Waals surface area contributed by atoms with Gasteiger partial charge in [-0.25, -0.2) is 4.57 Å². The quantitative estimate of drug-likeness (QED) is 0.131. The van der Waals surface area contributed by atoms with Crippen LogP contribution in [0.5, 0.6) is 0 Å². The van der Waals surface area contributed by atoms with Crippen molar-refractivity contribution >= 4 is 26.5 Å². The van der Waals surface area contributed by atoms with E-state index in [1.807, 2.05) is 13.0 Å². The van der Waals surface area contributed by atoms with Gasteiger partial charge in [0.2, 0.25) is 0 Å². The number of rotatable bonds is 12. The molecule has 0 amide bonds. The Balaban J connectivity index is 2.01. The molecule has 0 aromatic rings. The Kier molecular flexibility index (Phi) is 10.8. The Hall–Kier alpha value is 0.337. The average molecular weight is 495 g/mol. The van der Waals surface area contributed by atoms with E-state index < -0.39 is 15.1 Å². The first kappa shape index (κ1) is 27.6. The molecule has 2 aliphatic heterocycles. The molecule has 0 bridgehead atoms.